The van der Waals surface area contributed by atoms with Crippen LogP contribution in [0.5, 0.6) is 11.5 Å². The summed E-state index contributed by atoms with van der Waals surface area (Å²) >= 11 is 0. The molecule has 1 spiro atoms. The fourth-order valence-corrected chi connectivity index (χ4v) is 6.21. The quantitative estimate of drug-likeness (QED) is 0.672. The van der Waals surface area contributed by atoms with Crippen molar-refractivity contribution in [3.63, 3.8) is 0 Å². The first kappa shape index (κ1) is 22.1. The van der Waals surface area contributed by atoms with Crippen LogP contribution >= 0.6 is 0 Å². The lowest BCUT2D eigenvalue weighted by atomic mass is 9.82. The topological polar surface area (TPSA) is 54.5 Å². The summed E-state index contributed by atoms with van der Waals surface area (Å²) in [6, 6.07) is 4.11. The van der Waals surface area contributed by atoms with Gasteiger partial charge >= 0.3 is 6.03 Å². The monoisotopic (exact) mass is 453 g/mol. The van der Waals surface area contributed by atoms with Gasteiger partial charge in [-0.2, -0.15) is 0 Å². The maximum atomic E-state index is 13.7. The minimum absolute atomic E-state index is 0.113. The molecule has 4 aliphatic heterocycles. The number of amides is 2. The molecule has 2 atom stereocenters. The molecular formula is C26H35N3O4. The lowest BCUT2D eigenvalue weighted by molar-refractivity contribution is 0.0579. The van der Waals surface area contributed by atoms with Crippen molar-refractivity contribution in [1.82, 2.24) is 14.7 Å². The van der Waals surface area contributed by atoms with Crippen LogP contribution in [0.4, 0.5) is 4.79 Å². The Labute approximate surface area is 196 Å². The fraction of sp³-hybridized carbons (Fsp3) is 0.577. The standard InChI is InChI=1S/C26H35N3O4/c1-5-29-25(30)28-16-19-14-21(31-3)15-22(32-4)24(19)18(2)13-23(28)26(29)8-10-27(11-9-26)17-20-7-6-12-33-20/h6,12-15,18,20H,5,7-11,16-17H2,1-4H3. The van der Waals surface area contributed by atoms with E-state index in [9.17, 15) is 4.79 Å². The number of likely N-dealkylation sites (N-methyl/N-ethyl adjacent to an activating group) is 1. The van der Waals surface area contributed by atoms with Crippen molar-refractivity contribution in [2.24, 2.45) is 0 Å². The molecule has 2 amide bonds. The fourth-order valence-electron chi connectivity index (χ4n) is 6.21. The second-order valence-electron chi connectivity index (χ2n) is 9.55. The normalized spacial score (nSPS) is 26.1. The van der Waals surface area contributed by atoms with E-state index >= 15 is 0 Å². The van der Waals surface area contributed by atoms with Gasteiger partial charge < -0.3 is 19.1 Å². The zero-order chi connectivity index (χ0) is 23.2. The summed E-state index contributed by atoms with van der Waals surface area (Å²) in [7, 11) is 3.37. The predicted octanol–water partition coefficient (Wildman–Crippen LogP) is 4.10. The molecule has 2 saturated heterocycles. The Morgan fingerprint density at radius 1 is 1.18 bits per heavy atom. The van der Waals surface area contributed by atoms with Crippen LogP contribution in [0.25, 0.3) is 0 Å². The number of carbonyl (C=O) groups excluding carboxylic acids is 1. The number of rotatable bonds is 5. The van der Waals surface area contributed by atoms with E-state index < -0.39 is 0 Å². The van der Waals surface area contributed by atoms with E-state index in [0.717, 1.165) is 67.2 Å². The van der Waals surface area contributed by atoms with Crippen LogP contribution in [0, 0.1) is 0 Å². The highest BCUT2D eigenvalue weighted by atomic mass is 16.5. The molecule has 7 nitrogen and oxygen atoms in total. The number of fused-ring (bicyclic) bond motifs is 3. The van der Waals surface area contributed by atoms with Crippen molar-refractivity contribution < 1.29 is 19.0 Å². The minimum atomic E-state index is -0.245. The molecule has 0 aliphatic carbocycles. The summed E-state index contributed by atoms with van der Waals surface area (Å²) in [6.07, 6.45) is 9.37. The zero-order valence-corrected chi connectivity index (χ0v) is 20.2. The number of hydrogen-bond donors (Lipinski definition) is 0. The number of methoxy groups -OCH3 is 2. The Bertz CT molecular complexity index is 972. The molecule has 0 N–H and O–H groups in total. The summed E-state index contributed by atoms with van der Waals surface area (Å²) < 4.78 is 17.0. The van der Waals surface area contributed by atoms with Gasteiger partial charge in [-0.3, -0.25) is 9.80 Å². The molecule has 0 radical (unpaired) electrons. The average Bonchev–Trinajstić information content (AvgIpc) is 3.36. The summed E-state index contributed by atoms with van der Waals surface area (Å²) in [5.41, 5.74) is 3.16. The smallest absolute Gasteiger partial charge is 0.325 e. The van der Waals surface area contributed by atoms with Gasteiger partial charge in [0.05, 0.1) is 32.6 Å². The molecule has 178 valence electrons. The van der Waals surface area contributed by atoms with Crippen molar-refractivity contribution in [3.8, 4) is 11.5 Å². The van der Waals surface area contributed by atoms with Gasteiger partial charge in [0.15, 0.2) is 0 Å². The van der Waals surface area contributed by atoms with E-state index in [1.807, 2.05) is 17.2 Å². The van der Waals surface area contributed by atoms with Crippen molar-refractivity contribution in [2.75, 3.05) is 40.4 Å². The number of ether oxygens (including phenoxy) is 3. The summed E-state index contributed by atoms with van der Waals surface area (Å²) in [5.74, 6) is 1.72. The average molecular weight is 454 g/mol. The molecule has 1 aromatic rings. The molecule has 2 unspecified atom stereocenters. The number of benzene rings is 1. The number of allylic oxidation sites excluding steroid dienone is 1. The molecule has 0 saturated carbocycles. The SMILES string of the molecule is CCN1C(=O)N2Cc3cc(OC)cc(OC)c3C(C)C=C2C12CCN(CC1CC=CO1)CC2. The highest BCUT2D eigenvalue weighted by molar-refractivity contribution is 5.83. The van der Waals surface area contributed by atoms with Crippen LogP contribution < -0.4 is 9.47 Å². The summed E-state index contributed by atoms with van der Waals surface area (Å²) in [6.45, 7) is 8.44. The Morgan fingerprint density at radius 2 is 1.97 bits per heavy atom. The third-order valence-electron chi connectivity index (χ3n) is 7.82. The number of carbonyl (C=O) groups is 1. The van der Waals surface area contributed by atoms with Crippen LogP contribution in [0.3, 0.4) is 0 Å². The lowest BCUT2D eigenvalue weighted by Crippen LogP contribution is -2.54. The first-order valence-electron chi connectivity index (χ1n) is 12.1. The van der Waals surface area contributed by atoms with E-state index in [1.165, 1.54) is 0 Å². The Hall–Kier alpha value is -2.67. The maximum Gasteiger partial charge on any atom is 0.325 e. The van der Waals surface area contributed by atoms with Gasteiger partial charge in [0.2, 0.25) is 0 Å². The van der Waals surface area contributed by atoms with Gasteiger partial charge in [-0.1, -0.05) is 13.0 Å². The van der Waals surface area contributed by atoms with E-state index in [4.69, 9.17) is 14.2 Å². The highest BCUT2D eigenvalue weighted by Gasteiger charge is 2.54. The molecular weight excluding hydrogens is 418 g/mol. The Kier molecular flexibility index (Phi) is 5.77. The Morgan fingerprint density at radius 3 is 2.61 bits per heavy atom. The number of likely N-dealkylation sites (tertiary alicyclic amines) is 1. The van der Waals surface area contributed by atoms with Gasteiger partial charge in [-0.15, -0.1) is 0 Å². The van der Waals surface area contributed by atoms with Crippen LogP contribution in [0.15, 0.2) is 36.2 Å². The van der Waals surface area contributed by atoms with Crippen LogP contribution in [0.2, 0.25) is 0 Å². The molecule has 1 aromatic carbocycles. The third kappa shape index (κ3) is 3.57. The van der Waals surface area contributed by atoms with Crippen LogP contribution in [-0.4, -0.2) is 72.8 Å². The second-order valence-corrected chi connectivity index (χ2v) is 9.55. The molecule has 0 aromatic heterocycles. The second kappa shape index (κ2) is 8.60. The predicted molar refractivity (Wildman–Crippen MR) is 126 cm³/mol. The molecule has 4 heterocycles. The molecule has 33 heavy (non-hydrogen) atoms. The van der Waals surface area contributed by atoms with E-state index in [1.54, 1.807) is 14.2 Å². The number of hydrogen-bond acceptors (Lipinski definition) is 5. The lowest BCUT2D eigenvalue weighted by Gasteiger charge is -2.44. The number of urea groups is 1. The van der Waals surface area contributed by atoms with Gasteiger partial charge in [-0.05, 0) is 37.5 Å². The van der Waals surface area contributed by atoms with Gasteiger partial charge in [0, 0.05) is 55.8 Å². The van der Waals surface area contributed by atoms with E-state index in [2.05, 4.69) is 41.9 Å². The summed E-state index contributed by atoms with van der Waals surface area (Å²) in [5, 5.41) is 0. The number of nitrogens with zero attached hydrogens (tertiary/aromatic N) is 3. The zero-order valence-electron chi connectivity index (χ0n) is 20.2. The maximum absolute atomic E-state index is 13.7. The van der Waals surface area contributed by atoms with Crippen LogP contribution in [-0.2, 0) is 11.3 Å². The molecule has 4 aliphatic rings. The first-order valence-corrected chi connectivity index (χ1v) is 12.1. The first-order chi connectivity index (χ1) is 16.0. The van der Waals surface area contributed by atoms with Crippen molar-refractivity contribution >= 4 is 6.03 Å². The van der Waals surface area contributed by atoms with Crippen LogP contribution in [0.1, 0.15) is 50.2 Å². The number of piperidine rings is 1. The summed E-state index contributed by atoms with van der Waals surface area (Å²) in [4.78, 5) is 20.3. The van der Waals surface area contributed by atoms with E-state index in [0.29, 0.717) is 13.1 Å². The highest BCUT2D eigenvalue weighted by Crippen LogP contribution is 2.49. The van der Waals surface area contributed by atoms with Gasteiger partial charge in [-0.25, -0.2) is 4.79 Å². The minimum Gasteiger partial charge on any atom is -0.497 e. The van der Waals surface area contributed by atoms with Gasteiger partial charge in [0.1, 0.15) is 17.6 Å². The van der Waals surface area contributed by atoms with Crippen molar-refractivity contribution in [2.45, 2.75) is 57.2 Å². The molecule has 2 fully saturated rings. The van der Waals surface area contributed by atoms with Gasteiger partial charge in [0.25, 0.3) is 0 Å². The third-order valence-corrected chi connectivity index (χ3v) is 7.82. The molecule has 0 bridgehead atoms. The largest absolute Gasteiger partial charge is 0.497 e. The van der Waals surface area contributed by atoms with Crippen molar-refractivity contribution in [3.05, 3.63) is 47.4 Å². The van der Waals surface area contributed by atoms with E-state index in [-0.39, 0.29) is 23.6 Å². The molecule has 7 heteroatoms. The van der Waals surface area contributed by atoms with Crippen molar-refractivity contribution in [1.29, 1.82) is 0 Å². The molecule has 5 rings (SSSR count). The Balaban J connectivity index is 1.47.